The lowest BCUT2D eigenvalue weighted by Crippen LogP contribution is -2.58. The lowest BCUT2D eigenvalue weighted by molar-refractivity contribution is 0.412. The fourth-order valence-corrected chi connectivity index (χ4v) is 3.98. The minimum absolute atomic E-state index is 0.322. The van der Waals surface area contributed by atoms with Crippen LogP contribution in [0.3, 0.4) is 0 Å². The van der Waals surface area contributed by atoms with Crippen LogP contribution >= 0.6 is 11.6 Å². The van der Waals surface area contributed by atoms with Gasteiger partial charge in [-0.25, -0.2) is 4.99 Å². The van der Waals surface area contributed by atoms with Gasteiger partial charge in [-0.05, 0) is 55.8 Å². The SMILES string of the molecule is N#Cc1cc2c(cc1C#N)NC1(CCNCC1)C(NCc1cccc(Cl)c1)=N2. The van der Waals surface area contributed by atoms with Crippen molar-refractivity contribution in [2.45, 2.75) is 24.9 Å². The molecule has 1 fully saturated rings. The maximum Gasteiger partial charge on any atom is 0.128 e. The fourth-order valence-electron chi connectivity index (χ4n) is 3.77. The van der Waals surface area contributed by atoms with E-state index in [9.17, 15) is 10.5 Å². The van der Waals surface area contributed by atoms with Crippen LogP contribution in [-0.4, -0.2) is 24.5 Å². The van der Waals surface area contributed by atoms with Crippen LogP contribution < -0.4 is 16.0 Å². The molecule has 2 aliphatic heterocycles. The molecule has 6 nitrogen and oxygen atoms in total. The highest BCUT2D eigenvalue weighted by atomic mass is 35.5. The second kappa shape index (κ2) is 7.52. The van der Waals surface area contributed by atoms with Gasteiger partial charge in [-0.2, -0.15) is 10.5 Å². The summed E-state index contributed by atoms with van der Waals surface area (Å²) in [5.74, 6) is 0.857. The van der Waals surface area contributed by atoms with E-state index < -0.39 is 0 Å². The molecule has 0 bridgehead atoms. The number of nitrogens with one attached hydrogen (secondary N) is 3. The minimum Gasteiger partial charge on any atom is -0.371 e. The van der Waals surface area contributed by atoms with Crippen molar-refractivity contribution >= 4 is 28.8 Å². The molecule has 2 aromatic carbocycles. The second-order valence-electron chi connectivity index (χ2n) is 7.04. The minimum atomic E-state index is -0.322. The zero-order chi connectivity index (χ0) is 19.6. The molecule has 0 radical (unpaired) electrons. The number of nitriles is 2. The van der Waals surface area contributed by atoms with Gasteiger partial charge in [0.1, 0.15) is 18.0 Å². The third-order valence-electron chi connectivity index (χ3n) is 5.24. The van der Waals surface area contributed by atoms with Crippen LogP contribution in [0.1, 0.15) is 29.5 Å². The molecule has 0 aliphatic carbocycles. The Morgan fingerprint density at radius 1 is 1.11 bits per heavy atom. The summed E-state index contributed by atoms with van der Waals surface area (Å²) in [6.45, 7) is 2.36. The Morgan fingerprint density at radius 2 is 1.86 bits per heavy atom. The number of hydrogen-bond acceptors (Lipinski definition) is 6. The standard InChI is InChI=1S/C21H19ClN6/c22-17-3-1-2-14(8-17)13-26-20-21(4-6-25-7-5-21)28-19-10-16(12-24)15(11-23)9-18(19)27-20/h1-3,8-10,25,28H,4-7,13H2,(H,26,27). The summed E-state index contributed by atoms with van der Waals surface area (Å²) in [5.41, 5.74) is 2.92. The number of fused-ring (bicyclic) bond motifs is 1. The Bertz CT molecular complexity index is 1020. The van der Waals surface area contributed by atoms with Gasteiger partial charge in [-0.3, -0.25) is 0 Å². The largest absolute Gasteiger partial charge is 0.371 e. The first kappa shape index (κ1) is 18.3. The first-order valence-electron chi connectivity index (χ1n) is 9.18. The van der Waals surface area contributed by atoms with Gasteiger partial charge in [-0.15, -0.1) is 0 Å². The summed E-state index contributed by atoms with van der Waals surface area (Å²) < 4.78 is 0. The van der Waals surface area contributed by atoms with Crippen molar-refractivity contribution in [2.75, 3.05) is 18.4 Å². The molecule has 4 rings (SSSR count). The molecule has 0 saturated carbocycles. The molecule has 0 unspecified atom stereocenters. The fraction of sp³-hybridized carbons (Fsp3) is 0.286. The Balaban J connectivity index is 1.71. The van der Waals surface area contributed by atoms with Crippen molar-refractivity contribution < 1.29 is 0 Å². The van der Waals surface area contributed by atoms with Gasteiger partial charge in [0.15, 0.2) is 0 Å². The first-order valence-corrected chi connectivity index (χ1v) is 9.56. The van der Waals surface area contributed by atoms with Crippen LogP contribution in [0, 0.1) is 22.7 Å². The molecule has 140 valence electrons. The number of anilines is 1. The predicted octanol–water partition coefficient (Wildman–Crippen LogP) is 3.45. The number of amidine groups is 1. The summed E-state index contributed by atoms with van der Waals surface area (Å²) >= 11 is 6.10. The second-order valence-corrected chi connectivity index (χ2v) is 7.48. The van der Waals surface area contributed by atoms with E-state index in [4.69, 9.17) is 16.6 Å². The number of benzene rings is 2. The maximum atomic E-state index is 9.34. The van der Waals surface area contributed by atoms with Crippen molar-refractivity contribution in [1.82, 2.24) is 10.6 Å². The van der Waals surface area contributed by atoms with E-state index in [-0.39, 0.29) is 5.54 Å². The molecule has 0 aromatic heterocycles. The molecule has 7 heteroatoms. The number of hydrogen-bond donors (Lipinski definition) is 3. The number of aliphatic imine (C=N–C) groups is 1. The highest BCUT2D eigenvalue weighted by Gasteiger charge is 2.40. The summed E-state index contributed by atoms with van der Waals surface area (Å²) in [6, 6.07) is 15.3. The molecular weight excluding hydrogens is 372 g/mol. The Kier molecular flexibility index (Phi) is 4.92. The Labute approximate surface area is 168 Å². The number of halogens is 1. The molecule has 1 saturated heterocycles. The van der Waals surface area contributed by atoms with Crippen LogP contribution in [0.25, 0.3) is 0 Å². The van der Waals surface area contributed by atoms with Crippen molar-refractivity contribution in [3.05, 3.63) is 58.1 Å². The normalized spacial score (nSPS) is 16.9. The summed E-state index contributed by atoms with van der Waals surface area (Å²) in [7, 11) is 0. The van der Waals surface area contributed by atoms with Crippen molar-refractivity contribution in [3.63, 3.8) is 0 Å². The van der Waals surface area contributed by atoms with Gasteiger partial charge in [0, 0.05) is 11.6 Å². The third kappa shape index (κ3) is 3.41. The van der Waals surface area contributed by atoms with E-state index in [0.717, 1.165) is 43.0 Å². The monoisotopic (exact) mass is 390 g/mol. The van der Waals surface area contributed by atoms with Crippen molar-refractivity contribution in [2.24, 2.45) is 4.99 Å². The quantitative estimate of drug-likeness (QED) is 0.729. The lowest BCUT2D eigenvalue weighted by atomic mass is 9.84. The van der Waals surface area contributed by atoms with Crippen LogP contribution in [0.2, 0.25) is 5.02 Å². The predicted molar refractivity (Wildman–Crippen MR) is 110 cm³/mol. The molecule has 1 spiro atoms. The zero-order valence-corrected chi connectivity index (χ0v) is 16.0. The smallest absolute Gasteiger partial charge is 0.128 e. The zero-order valence-electron chi connectivity index (χ0n) is 15.2. The van der Waals surface area contributed by atoms with Gasteiger partial charge >= 0.3 is 0 Å². The number of rotatable bonds is 2. The number of nitrogens with zero attached hydrogens (tertiary/aromatic N) is 3. The van der Waals surface area contributed by atoms with Gasteiger partial charge in [0.25, 0.3) is 0 Å². The summed E-state index contributed by atoms with van der Waals surface area (Å²) in [5, 5.41) is 29.9. The van der Waals surface area contributed by atoms with Crippen molar-refractivity contribution in [3.8, 4) is 12.1 Å². The van der Waals surface area contributed by atoms with E-state index in [1.54, 1.807) is 12.1 Å². The molecule has 2 aromatic rings. The molecule has 28 heavy (non-hydrogen) atoms. The van der Waals surface area contributed by atoms with Crippen LogP contribution in [0.4, 0.5) is 11.4 Å². The average Bonchev–Trinajstić information content (AvgIpc) is 2.72. The highest BCUT2D eigenvalue weighted by Crippen LogP contribution is 2.38. The first-order chi connectivity index (χ1) is 13.6. The Hall–Kier alpha value is -3.06. The van der Waals surface area contributed by atoms with E-state index >= 15 is 0 Å². The van der Waals surface area contributed by atoms with Crippen LogP contribution in [-0.2, 0) is 6.54 Å². The summed E-state index contributed by atoms with van der Waals surface area (Å²) in [4.78, 5) is 4.87. The highest BCUT2D eigenvalue weighted by molar-refractivity contribution is 6.30. The number of piperidine rings is 1. The molecule has 2 heterocycles. The van der Waals surface area contributed by atoms with E-state index in [2.05, 4.69) is 28.1 Å². The molecule has 0 atom stereocenters. The van der Waals surface area contributed by atoms with Crippen LogP contribution in [0.5, 0.6) is 0 Å². The molecule has 0 amide bonds. The lowest BCUT2D eigenvalue weighted by Gasteiger charge is -2.43. The third-order valence-corrected chi connectivity index (χ3v) is 5.48. The average molecular weight is 391 g/mol. The maximum absolute atomic E-state index is 9.34. The van der Waals surface area contributed by atoms with E-state index in [0.29, 0.717) is 28.4 Å². The van der Waals surface area contributed by atoms with Gasteiger partial charge in [0.2, 0.25) is 0 Å². The van der Waals surface area contributed by atoms with E-state index in [1.807, 2.05) is 24.3 Å². The van der Waals surface area contributed by atoms with Crippen molar-refractivity contribution in [1.29, 1.82) is 10.5 Å². The van der Waals surface area contributed by atoms with Gasteiger partial charge in [-0.1, -0.05) is 23.7 Å². The molecule has 3 N–H and O–H groups in total. The van der Waals surface area contributed by atoms with Crippen LogP contribution in [0.15, 0.2) is 41.4 Å². The summed E-state index contributed by atoms with van der Waals surface area (Å²) in [6.07, 6.45) is 1.74. The Morgan fingerprint density at radius 3 is 2.57 bits per heavy atom. The van der Waals surface area contributed by atoms with E-state index in [1.165, 1.54) is 0 Å². The van der Waals surface area contributed by atoms with Gasteiger partial charge < -0.3 is 16.0 Å². The topological polar surface area (TPSA) is 96.0 Å². The molecule has 2 aliphatic rings. The van der Waals surface area contributed by atoms with Gasteiger partial charge in [0.05, 0.1) is 28.0 Å². The molecular formula is C21H19ClN6.